The van der Waals surface area contributed by atoms with Crippen LogP contribution in [-0.2, 0) is 11.0 Å². The van der Waals surface area contributed by atoms with Gasteiger partial charge in [0.15, 0.2) is 0 Å². The Labute approximate surface area is 172 Å². The molecular weight excluding hydrogens is 395 g/mol. The molecule has 1 amide bonds. The van der Waals surface area contributed by atoms with Crippen LogP contribution in [0.1, 0.15) is 24.8 Å². The maximum Gasteiger partial charge on any atom is 0.416 e. The fourth-order valence-electron chi connectivity index (χ4n) is 4.26. The number of alkyl halides is 3. The lowest BCUT2D eigenvalue weighted by atomic mass is 10.1. The number of carbonyl (C=O) groups is 1. The molecule has 158 valence electrons. The number of nitrogens with zero attached hydrogens (tertiary/aromatic N) is 4. The molecule has 2 aromatic rings. The number of nitriles is 1. The fourth-order valence-corrected chi connectivity index (χ4v) is 4.26. The SMILES string of the molecule is N#CC1CCCN1C(=O)CN1CC[C@H](Nc2cc(C(F)(F)F)cc3ncccc23)C1. The molecule has 0 radical (unpaired) electrons. The van der Waals surface area contributed by atoms with Crippen LogP contribution in [0.25, 0.3) is 10.9 Å². The molecule has 0 aliphatic carbocycles. The van der Waals surface area contributed by atoms with Crippen molar-refractivity contribution >= 4 is 22.5 Å². The molecule has 2 atom stereocenters. The van der Waals surface area contributed by atoms with Crippen LogP contribution in [-0.4, -0.2) is 59.0 Å². The first-order chi connectivity index (χ1) is 14.3. The average molecular weight is 417 g/mol. The maximum absolute atomic E-state index is 13.3. The third kappa shape index (κ3) is 4.19. The van der Waals surface area contributed by atoms with Gasteiger partial charge in [0.2, 0.25) is 5.91 Å². The zero-order valence-electron chi connectivity index (χ0n) is 16.3. The first-order valence-corrected chi connectivity index (χ1v) is 9.99. The average Bonchev–Trinajstić information content (AvgIpc) is 3.36. The Balaban J connectivity index is 1.45. The summed E-state index contributed by atoms with van der Waals surface area (Å²) in [6, 6.07) is 7.37. The summed E-state index contributed by atoms with van der Waals surface area (Å²) in [4.78, 5) is 20.2. The summed E-state index contributed by atoms with van der Waals surface area (Å²) in [5.74, 6) is -0.0616. The molecular formula is C21H22F3N5O. The van der Waals surface area contributed by atoms with Gasteiger partial charge in [-0.3, -0.25) is 14.7 Å². The standard InChI is InChI=1S/C21H22F3N5O/c22-21(23,24)14-9-18-17(4-1-6-26-18)19(10-14)27-15-5-8-28(12-15)13-20(30)29-7-2-3-16(29)11-25/h1,4,6,9-10,15-16,27H,2-3,5,7-8,12-13H2/t15-,16?/m0/s1. The Hall–Kier alpha value is -2.86. The van der Waals surface area contributed by atoms with Gasteiger partial charge in [0.1, 0.15) is 6.04 Å². The van der Waals surface area contributed by atoms with E-state index < -0.39 is 11.7 Å². The van der Waals surface area contributed by atoms with E-state index in [1.165, 1.54) is 6.20 Å². The van der Waals surface area contributed by atoms with Gasteiger partial charge in [-0.2, -0.15) is 18.4 Å². The highest BCUT2D eigenvalue weighted by molar-refractivity contribution is 5.92. The van der Waals surface area contributed by atoms with Crippen LogP contribution in [0, 0.1) is 11.3 Å². The van der Waals surface area contributed by atoms with Gasteiger partial charge in [-0.1, -0.05) is 0 Å². The maximum atomic E-state index is 13.3. The van der Waals surface area contributed by atoms with Gasteiger partial charge >= 0.3 is 6.18 Å². The van der Waals surface area contributed by atoms with Gasteiger partial charge < -0.3 is 10.2 Å². The zero-order valence-corrected chi connectivity index (χ0v) is 16.3. The summed E-state index contributed by atoms with van der Waals surface area (Å²) in [5.41, 5.74) is -0.0515. The molecule has 1 aromatic carbocycles. The summed E-state index contributed by atoms with van der Waals surface area (Å²) < 4.78 is 39.9. The normalized spacial score (nSPS) is 22.4. The molecule has 9 heteroatoms. The summed E-state index contributed by atoms with van der Waals surface area (Å²) in [6.07, 6.45) is -0.716. The number of hydrogen-bond donors (Lipinski definition) is 1. The van der Waals surface area contributed by atoms with Crippen molar-refractivity contribution in [2.75, 3.05) is 31.5 Å². The molecule has 1 N–H and O–H groups in total. The van der Waals surface area contributed by atoms with Crippen molar-refractivity contribution in [2.45, 2.75) is 37.5 Å². The number of benzene rings is 1. The van der Waals surface area contributed by atoms with Crippen molar-refractivity contribution in [3.63, 3.8) is 0 Å². The van der Waals surface area contributed by atoms with Crippen molar-refractivity contribution < 1.29 is 18.0 Å². The molecule has 0 saturated carbocycles. The minimum Gasteiger partial charge on any atom is -0.380 e. The molecule has 0 spiro atoms. The molecule has 0 bridgehead atoms. The molecule has 30 heavy (non-hydrogen) atoms. The van der Waals surface area contributed by atoms with Crippen molar-refractivity contribution in [2.24, 2.45) is 0 Å². The molecule has 3 heterocycles. The lowest BCUT2D eigenvalue weighted by Gasteiger charge is -2.23. The lowest BCUT2D eigenvalue weighted by molar-refractivity contribution is -0.137. The van der Waals surface area contributed by atoms with Crippen molar-refractivity contribution in [3.8, 4) is 6.07 Å². The topological polar surface area (TPSA) is 72.3 Å². The first kappa shape index (κ1) is 20.4. The van der Waals surface area contributed by atoms with Crippen molar-refractivity contribution in [3.05, 3.63) is 36.0 Å². The Kier molecular flexibility index (Phi) is 5.52. The highest BCUT2D eigenvalue weighted by atomic mass is 19.4. The summed E-state index contributed by atoms with van der Waals surface area (Å²) >= 11 is 0. The highest BCUT2D eigenvalue weighted by Crippen LogP contribution is 2.35. The van der Waals surface area contributed by atoms with Crippen LogP contribution in [0.3, 0.4) is 0 Å². The number of rotatable bonds is 4. The monoisotopic (exact) mass is 417 g/mol. The van der Waals surface area contributed by atoms with E-state index in [0.29, 0.717) is 43.5 Å². The lowest BCUT2D eigenvalue weighted by Crippen LogP contribution is -2.42. The van der Waals surface area contributed by atoms with E-state index in [-0.39, 0.29) is 30.1 Å². The van der Waals surface area contributed by atoms with Gasteiger partial charge in [0, 0.05) is 42.9 Å². The second kappa shape index (κ2) is 8.11. The molecule has 1 unspecified atom stereocenters. The van der Waals surface area contributed by atoms with Gasteiger partial charge in [-0.25, -0.2) is 0 Å². The van der Waals surface area contributed by atoms with E-state index in [4.69, 9.17) is 5.26 Å². The number of pyridine rings is 1. The van der Waals surface area contributed by atoms with Crippen molar-refractivity contribution in [1.29, 1.82) is 5.26 Å². The zero-order chi connectivity index (χ0) is 21.3. The number of halogens is 3. The first-order valence-electron chi connectivity index (χ1n) is 9.99. The Morgan fingerprint density at radius 2 is 2.13 bits per heavy atom. The van der Waals surface area contributed by atoms with E-state index >= 15 is 0 Å². The fraction of sp³-hybridized carbons (Fsp3) is 0.476. The van der Waals surface area contributed by atoms with Gasteiger partial charge in [0.05, 0.1) is 23.7 Å². The highest BCUT2D eigenvalue weighted by Gasteiger charge is 2.33. The largest absolute Gasteiger partial charge is 0.416 e. The Morgan fingerprint density at radius 3 is 2.90 bits per heavy atom. The molecule has 6 nitrogen and oxygen atoms in total. The van der Waals surface area contributed by atoms with Gasteiger partial charge in [0.25, 0.3) is 0 Å². The molecule has 2 fully saturated rings. The number of amides is 1. The number of carbonyl (C=O) groups excluding carboxylic acids is 1. The van der Waals surface area contributed by atoms with E-state index in [0.717, 1.165) is 18.6 Å². The van der Waals surface area contributed by atoms with Crippen LogP contribution < -0.4 is 5.32 Å². The number of aromatic nitrogens is 1. The number of fused-ring (bicyclic) bond motifs is 1. The van der Waals surface area contributed by atoms with Crippen LogP contribution >= 0.6 is 0 Å². The molecule has 1 aromatic heterocycles. The summed E-state index contributed by atoms with van der Waals surface area (Å²) in [7, 11) is 0. The predicted molar refractivity (Wildman–Crippen MR) is 106 cm³/mol. The third-order valence-electron chi connectivity index (χ3n) is 5.76. The van der Waals surface area contributed by atoms with Gasteiger partial charge in [-0.05, 0) is 43.5 Å². The number of anilines is 1. The quantitative estimate of drug-likeness (QED) is 0.827. The third-order valence-corrected chi connectivity index (χ3v) is 5.76. The van der Waals surface area contributed by atoms with Crippen molar-refractivity contribution in [1.82, 2.24) is 14.8 Å². The number of likely N-dealkylation sites (tertiary alicyclic amines) is 2. The van der Waals surface area contributed by atoms with Crippen LogP contribution in [0.2, 0.25) is 0 Å². The molecule has 2 aliphatic heterocycles. The second-order valence-electron chi connectivity index (χ2n) is 7.83. The Morgan fingerprint density at radius 1 is 1.30 bits per heavy atom. The van der Waals surface area contributed by atoms with E-state index in [1.807, 2.05) is 4.90 Å². The molecule has 4 rings (SSSR count). The van der Waals surface area contributed by atoms with E-state index in [1.54, 1.807) is 17.0 Å². The second-order valence-corrected chi connectivity index (χ2v) is 7.83. The van der Waals surface area contributed by atoms with Crippen LogP contribution in [0.5, 0.6) is 0 Å². The minimum atomic E-state index is -4.46. The molecule has 2 saturated heterocycles. The van der Waals surface area contributed by atoms with E-state index in [9.17, 15) is 18.0 Å². The summed E-state index contributed by atoms with van der Waals surface area (Å²) in [6.45, 7) is 2.05. The van der Waals surface area contributed by atoms with Crippen LogP contribution in [0.15, 0.2) is 30.5 Å². The van der Waals surface area contributed by atoms with Gasteiger partial charge in [-0.15, -0.1) is 0 Å². The summed E-state index contributed by atoms with van der Waals surface area (Å²) in [5, 5.41) is 13.0. The van der Waals surface area contributed by atoms with Crippen LogP contribution in [0.4, 0.5) is 18.9 Å². The number of nitrogens with one attached hydrogen (secondary N) is 1. The minimum absolute atomic E-state index is 0.0616. The smallest absolute Gasteiger partial charge is 0.380 e. The van der Waals surface area contributed by atoms with E-state index in [2.05, 4.69) is 16.4 Å². The predicted octanol–water partition coefficient (Wildman–Crippen LogP) is 3.25. The number of hydrogen-bond acceptors (Lipinski definition) is 5. The Bertz CT molecular complexity index is 987. The molecule has 2 aliphatic rings.